The molecule has 3 N–H and O–H groups in total. The smallest absolute Gasteiger partial charge is 0.332 e. The molecule has 0 heterocycles. The molecule has 0 aromatic heterocycles. The number of nitrogens with zero attached hydrogens (tertiary/aromatic N) is 2. The summed E-state index contributed by atoms with van der Waals surface area (Å²) in [6.07, 6.45) is 0.737. The molecular weight excluding hydrogens is 200 g/mol. The van der Waals surface area contributed by atoms with E-state index in [1.165, 1.54) is 0 Å². The molecule has 0 aliphatic heterocycles. The van der Waals surface area contributed by atoms with E-state index in [1.807, 2.05) is 0 Å². The van der Waals surface area contributed by atoms with Crippen LogP contribution in [0, 0.1) is 10.1 Å². The summed E-state index contributed by atoms with van der Waals surface area (Å²) in [4.78, 5) is 20.3. The second-order valence-corrected chi connectivity index (χ2v) is 2.25. The van der Waals surface area contributed by atoms with E-state index in [4.69, 9.17) is 11.2 Å². The second-order valence-electron chi connectivity index (χ2n) is 2.25. The van der Waals surface area contributed by atoms with Crippen LogP contribution in [0.25, 0.3) is 0 Å². The van der Waals surface area contributed by atoms with Gasteiger partial charge in [0.05, 0.1) is 22.2 Å². The van der Waals surface area contributed by atoms with Crippen molar-refractivity contribution in [1.29, 1.82) is 0 Å². The summed E-state index contributed by atoms with van der Waals surface area (Å²) in [5.41, 5.74) is 5.22. The molecule has 0 saturated carbocycles. The third-order valence-electron chi connectivity index (χ3n) is 1.25. The molecule has 0 aliphatic carbocycles. The van der Waals surface area contributed by atoms with Crippen LogP contribution in [0.2, 0.25) is 0 Å². The number of nitro groups is 1. The Bertz CT molecular complexity index is 590. The zero-order valence-electron chi connectivity index (χ0n) is 11.3. The number of primary amides is 1. The maximum atomic E-state index is 10.8. The minimum absolute atomic E-state index is 0.454. The number of nitro benzene ring substituents is 1. The van der Waals surface area contributed by atoms with Gasteiger partial charge in [0.1, 0.15) is 0 Å². The van der Waals surface area contributed by atoms with Gasteiger partial charge in [-0.1, -0.05) is 12.1 Å². The third-order valence-corrected chi connectivity index (χ3v) is 1.25. The average molecular weight is 212 g/mol. The van der Waals surface area contributed by atoms with Gasteiger partial charge < -0.3 is 5.73 Å². The van der Waals surface area contributed by atoms with Crippen molar-refractivity contribution in [3.63, 3.8) is 0 Å². The van der Waals surface area contributed by atoms with Gasteiger partial charge in [-0.2, -0.15) is 5.10 Å². The van der Waals surface area contributed by atoms with Crippen LogP contribution >= 0.6 is 0 Å². The van der Waals surface area contributed by atoms with Crippen LogP contribution in [-0.4, -0.2) is 17.2 Å². The van der Waals surface area contributed by atoms with Crippen molar-refractivity contribution < 1.29 is 15.2 Å². The van der Waals surface area contributed by atoms with Crippen LogP contribution in [-0.2, 0) is 0 Å². The number of carbonyl (C=O) groups is 1. The second kappa shape index (κ2) is 4.70. The maximum Gasteiger partial charge on any atom is 0.332 e. The molecule has 7 nitrogen and oxygen atoms in total. The van der Waals surface area contributed by atoms with Gasteiger partial charge in [0.25, 0.3) is 5.69 Å². The summed E-state index contributed by atoms with van der Waals surface area (Å²) in [7, 11) is 0. The molecule has 0 unspecified atom stereocenters. The molecule has 0 radical (unpaired) electrons. The van der Waals surface area contributed by atoms with E-state index in [-0.39, 0.29) is 0 Å². The molecule has 0 bridgehead atoms. The Kier molecular flexibility index (Phi) is 1.92. The van der Waals surface area contributed by atoms with Gasteiger partial charge in [0.2, 0.25) is 0 Å². The molecule has 1 rings (SSSR count). The molecule has 0 aliphatic rings. The number of carbonyl (C=O) groups excluding carboxylic acids is 1. The molecule has 1 aromatic carbocycles. The minimum Gasteiger partial charge on any atom is -0.350 e. The molecular formula is C8H8N4O3. The largest absolute Gasteiger partial charge is 0.350 e. The number of amides is 2. The van der Waals surface area contributed by atoms with Crippen molar-refractivity contribution >= 4 is 17.9 Å². The molecule has 0 atom stereocenters. The Morgan fingerprint density at radius 1 is 1.67 bits per heavy atom. The van der Waals surface area contributed by atoms with Gasteiger partial charge in [0, 0.05) is 6.04 Å². The highest BCUT2D eigenvalue weighted by atomic mass is 16.6. The Morgan fingerprint density at radius 3 is 2.93 bits per heavy atom. The molecule has 2 amide bonds. The fourth-order valence-electron chi connectivity index (χ4n) is 0.713. The molecule has 0 spiro atoms. The fraction of sp³-hybridized carbons (Fsp3) is 0. The van der Waals surface area contributed by atoms with E-state index in [0.717, 1.165) is 6.21 Å². The normalized spacial score (nSPS) is 13.9. The first-order valence-corrected chi connectivity index (χ1v) is 3.60. The van der Waals surface area contributed by atoms with Gasteiger partial charge in [-0.3, -0.25) is 10.1 Å². The number of hydrazone groups is 1. The zero-order chi connectivity index (χ0) is 14.7. The summed E-state index contributed by atoms with van der Waals surface area (Å²) in [6, 6.07) is -3.82. The predicted octanol–water partition coefficient (Wildman–Crippen LogP) is 0.597. The lowest BCUT2D eigenvalue weighted by molar-refractivity contribution is -0.385. The highest BCUT2D eigenvalue weighted by Gasteiger charge is 2.09. The fourth-order valence-corrected chi connectivity index (χ4v) is 0.713. The zero-order valence-corrected chi connectivity index (χ0v) is 7.27. The van der Waals surface area contributed by atoms with E-state index >= 15 is 0 Å². The van der Waals surface area contributed by atoms with Gasteiger partial charge in [-0.15, -0.1) is 0 Å². The Labute approximate surface area is 90.4 Å². The molecule has 0 fully saturated rings. The number of para-hydroxylation sites is 1. The minimum atomic E-state index is -1.01. The van der Waals surface area contributed by atoms with E-state index in [2.05, 4.69) is 5.10 Å². The molecule has 7 heteroatoms. The standard InChI is InChI=1S/C8H8N4O3/c9-8(13)11-10-5-6-3-1-2-4-7(6)12(14)15/h1-5H,(H3,9,11,13)/b10-5+/i1D,2D,3D,4D. The lowest BCUT2D eigenvalue weighted by Gasteiger charge is -1.95. The lowest BCUT2D eigenvalue weighted by Crippen LogP contribution is -2.24. The van der Waals surface area contributed by atoms with E-state index < -0.39 is 46.4 Å². The van der Waals surface area contributed by atoms with Crippen molar-refractivity contribution in [3.05, 3.63) is 39.8 Å². The monoisotopic (exact) mass is 212 g/mol. The maximum absolute atomic E-state index is 10.8. The van der Waals surface area contributed by atoms with Gasteiger partial charge in [-0.05, 0) is 6.04 Å². The van der Waals surface area contributed by atoms with E-state index in [9.17, 15) is 14.9 Å². The van der Waals surface area contributed by atoms with Crippen molar-refractivity contribution in [2.45, 2.75) is 0 Å². The molecule has 78 valence electrons. The quantitative estimate of drug-likeness (QED) is 0.434. The summed E-state index contributed by atoms with van der Waals surface area (Å²) in [6.45, 7) is 0. The van der Waals surface area contributed by atoms with Gasteiger partial charge >= 0.3 is 6.03 Å². The number of benzene rings is 1. The third kappa shape index (κ3) is 3.07. The highest BCUT2D eigenvalue weighted by molar-refractivity contribution is 5.86. The van der Waals surface area contributed by atoms with Crippen molar-refractivity contribution in [2.75, 3.05) is 0 Å². The van der Waals surface area contributed by atoms with Crippen LogP contribution in [0.15, 0.2) is 29.3 Å². The SMILES string of the molecule is [2H]c1c([2H])c([2H])c([N+](=O)[O-])c(/C=N/NC(N)=O)c1[2H]. The first-order valence-electron chi connectivity index (χ1n) is 5.60. The number of hydrogen-bond acceptors (Lipinski definition) is 4. The summed E-state index contributed by atoms with van der Waals surface area (Å²) >= 11 is 0. The van der Waals surface area contributed by atoms with Crippen LogP contribution in [0.4, 0.5) is 10.5 Å². The summed E-state index contributed by atoms with van der Waals surface area (Å²) in [5.74, 6) is 0. The number of nitrogens with one attached hydrogen (secondary N) is 1. The van der Waals surface area contributed by atoms with Crippen LogP contribution in [0.5, 0.6) is 0 Å². The Balaban J connectivity index is 3.48. The molecule has 1 aromatic rings. The number of nitrogens with two attached hydrogens (primary N) is 1. The number of urea groups is 1. The summed E-state index contributed by atoms with van der Waals surface area (Å²) in [5, 5.41) is 14.1. The summed E-state index contributed by atoms with van der Waals surface area (Å²) < 4.78 is 29.7. The van der Waals surface area contributed by atoms with E-state index in [0.29, 0.717) is 0 Å². The molecule has 0 saturated heterocycles. The Hall–Kier alpha value is -2.44. The van der Waals surface area contributed by atoms with Gasteiger partial charge in [0.15, 0.2) is 0 Å². The van der Waals surface area contributed by atoms with Crippen LogP contribution in [0.3, 0.4) is 0 Å². The Morgan fingerprint density at radius 2 is 2.33 bits per heavy atom. The van der Waals surface area contributed by atoms with Crippen LogP contribution < -0.4 is 11.2 Å². The predicted molar refractivity (Wildman–Crippen MR) is 53.4 cm³/mol. The first kappa shape index (κ1) is 6.12. The first-order chi connectivity index (χ1) is 8.77. The van der Waals surface area contributed by atoms with Crippen molar-refractivity contribution in [1.82, 2.24) is 5.43 Å². The van der Waals surface area contributed by atoms with Crippen molar-refractivity contribution in [3.8, 4) is 0 Å². The van der Waals surface area contributed by atoms with Crippen molar-refractivity contribution in [2.24, 2.45) is 10.8 Å². The average Bonchev–Trinajstić information content (AvgIpc) is 2.32. The topological polar surface area (TPSA) is 111 Å². The van der Waals surface area contributed by atoms with E-state index in [1.54, 1.807) is 5.43 Å². The number of hydrogen-bond donors (Lipinski definition) is 2. The molecule has 15 heavy (non-hydrogen) atoms. The highest BCUT2D eigenvalue weighted by Crippen LogP contribution is 2.14. The van der Waals surface area contributed by atoms with Crippen LogP contribution in [0.1, 0.15) is 11.0 Å². The number of rotatable bonds is 3. The lowest BCUT2D eigenvalue weighted by atomic mass is 10.2. The van der Waals surface area contributed by atoms with Gasteiger partial charge in [-0.25, -0.2) is 10.2 Å².